The summed E-state index contributed by atoms with van der Waals surface area (Å²) in [7, 11) is 0. The van der Waals surface area contributed by atoms with E-state index >= 15 is 0 Å². The SMILES string of the molecule is NCCc1ccc(COCC(F)(F)F)cc1. The third-order valence-electron chi connectivity index (χ3n) is 1.99. The maximum absolute atomic E-state index is 11.8. The molecule has 0 radical (unpaired) electrons. The fourth-order valence-electron chi connectivity index (χ4n) is 1.25. The lowest BCUT2D eigenvalue weighted by atomic mass is 10.1. The first-order valence-electron chi connectivity index (χ1n) is 4.93. The van der Waals surface area contributed by atoms with Crippen LogP contribution in [-0.2, 0) is 17.8 Å². The van der Waals surface area contributed by atoms with Crippen LogP contribution in [0.4, 0.5) is 13.2 Å². The lowest BCUT2D eigenvalue weighted by Gasteiger charge is -2.08. The molecule has 0 saturated carbocycles. The molecular weight excluding hydrogens is 219 g/mol. The zero-order chi connectivity index (χ0) is 12.0. The molecule has 16 heavy (non-hydrogen) atoms. The Labute approximate surface area is 92.2 Å². The minimum Gasteiger partial charge on any atom is -0.367 e. The molecule has 2 N–H and O–H groups in total. The first kappa shape index (κ1) is 13.0. The van der Waals surface area contributed by atoms with Gasteiger partial charge in [0.1, 0.15) is 6.61 Å². The van der Waals surface area contributed by atoms with Crippen LogP contribution in [0.15, 0.2) is 24.3 Å². The van der Waals surface area contributed by atoms with Gasteiger partial charge in [0.25, 0.3) is 0 Å². The zero-order valence-corrected chi connectivity index (χ0v) is 8.76. The quantitative estimate of drug-likeness (QED) is 0.846. The highest BCUT2D eigenvalue weighted by atomic mass is 19.4. The van der Waals surface area contributed by atoms with Crippen LogP contribution in [0.5, 0.6) is 0 Å². The van der Waals surface area contributed by atoms with E-state index in [2.05, 4.69) is 4.74 Å². The monoisotopic (exact) mass is 233 g/mol. The van der Waals surface area contributed by atoms with E-state index in [0.29, 0.717) is 6.54 Å². The second-order valence-corrected chi connectivity index (χ2v) is 3.46. The van der Waals surface area contributed by atoms with E-state index in [4.69, 9.17) is 5.73 Å². The summed E-state index contributed by atoms with van der Waals surface area (Å²) in [5.74, 6) is 0. The van der Waals surface area contributed by atoms with Gasteiger partial charge < -0.3 is 10.5 Å². The molecule has 1 aromatic rings. The summed E-state index contributed by atoms with van der Waals surface area (Å²) in [6.45, 7) is -0.677. The van der Waals surface area contributed by atoms with Gasteiger partial charge in [-0.15, -0.1) is 0 Å². The first-order valence-corrected chi connectivity index (χ1v) is 4.93. The molecule has 0 aliphatic rings. The largest absolute Gasteiger partial charge is 0.411 e. The summed E-state index contributed by atoms with van der Waals surface area (Å²) < 4.78 is 39.9. The summed E-state index contributed by atoms with van der Waals surface area (Å²) >= 11 is 0. The van der Waals surface area contributed by atoms with Crippen LogP contribution >= 0.6 is 0 Å². The average molecular weight is 233 g/mol. The zero-order valence-electron chi connectivity index (χ0n) is 8.76. The Morgan fingerprint density at radius 2 is 1.62 bits per heavy atom. The van der Waals surface area contributed by atoms with Gasteiger partial charge in [-0.2, -0.15) is 13.2 Å². The molecule has 0 amide bonds. The maximum atomic E-state index is 11.8. The lowest BCUT2D eigenvalue weighted by Crippen LogP contribution is -2.16. The minimum atomic E-state index is -4.26. The van der Waals surface area contributed by atoms with E-state index in [1.165, 1.54) is 0 Å². The van der Waals surface area contributed by atoms with Gasteiger partial charge in [0.15, 0.2) is 0 Å². The molecule has 0 heterocycles. The highest BCUT2D eigenvalue weighted by Gasteiger charge is 2.27. The van der Waals surface area contributed by atoms with Gasteiger partial charge in [0.2, 0.25) is 0 Å². The van der Waals surface area contributed by atoms with Crippen LogP contribution in [0.25, 0.3) is 0 Å². The van der Waals surface area contributed by atoms with Crippen molar-refractivity contribution in [2.24, 2.45) is 5.73 Å². The van der Waals surface area contributed by atoms with Gasteiger partial charge in [-0.1, -0.05) is 24.3 Å². The van der Waals surface area contributed by atoms with Gasteiger partial charge in [0, 0.05) is 0 Å². The molecule has 1 aromatic carbocycles. The highest BCUT2D eigenvalue weighted by Crippen LogP contribution is 2.15. The van der Waals surface area contributed by atoms with Crippen molar-refractivity contribution in [2.75, 3.05) is 13.2 Å². The number of hydrogen-bond donors (Lipinski definition) is 1. The number of rotatable bonds is 5. The molecule has 5 heteroatoms. The van der Waals surface area contributed by atoms with Crippen molar-refractivity contribution in [3.63, 3.8) is 0 Å². The lowest BCUT2D eigenvalue weighted by molar-refractivity contribution is -0.176. The predicted octanol–water partition coefficient (Wildman–Crippen LogP) is 2.27. The van der Waals surface area contributed by atoms with Gasteiger partial charge in [-0.25, -0.2) is 0 Å². The Hall–Kier alpha value is -1.07. The number of hydrogen-bond acceptors (Lipinski definition) is 2. The molecule has 90 valence electrons. The van der Waals surface area contributed by atoms with Crippen molar-refractivity contribution in [1.29, 1.82) is 0 Å². The van der Waals surface area contributed by atoms with Crippen LogP contribution < -0.4 is 5.73 Å². The van der Waals surface area contributed by atoms with E-state index in [0.717, 1.165) is 17.5 Å². The summed E-state index contributed by atoms with van der Waals surface area (Å²) in [5.41, 5.74) is 7.18. The normalized spacial score (nSPS) is 11.8. The Morgan fingerprint density at radius 3 is 2.12 bits per heavy atom. The number of halogens is 3. The van der Waals surface area contributed by atoms with Gasteiger partial charge in [0.05, 0.1) is 6.61 Å². The second-order valence-electron chi connectivity index (χ2n) is 3.46. The smallest absolute Gasteiger partial charge is 0.367 e. The topological polar surface area (TPSA) is 35.2 Å². The molecule has 0 aliphatic heterocycles. The molecule has 0 aromatic heterocycles. The highest BCUT2D eigenvalue weighted by molar-refractivity contribution is 5.22. The van der Waals surface area contributed by atoms with Crippen LogP contribution in [0.1, 0.15) is 11.1 Å². The van der Waals surface area contributed by atoms with Gasteiger partial charge in [-0.3, -0.25) is 0 Å². The summed E-state index contributed by atoms with van der Waals surface area (Å²) in [6, 6.07) is 7.20. The van der Waals surface area contributed by atoms with E-state index in [-0.39, 0.29) is 6.61 Å². The molecule has 1 rings (SSSR count). The molecule has 0 fully saturated rings. The van der Waals surface area contributed by atoms with E-state index in [9.17, 15) is 13.2 Å². The average Bonchev–Trinajstić information content (AvgIpc) is 2.19. The Bertz CT molecular complexity index is 308. The van der Waals surface area contributed by atoms with E-state index in [1.807, 2.05) is 12.1 Å². The van der Waals surface area contributed by atoms with E-state index < -0.39 is 12.8 Å². The molecule has 0 spiro atoms. The molecule has 0 aliphatic carbocycles. The minimum absolute atomic E-state index is 0.0254. The summed E-state index contributed by atoms with van der Waals surface area (Å²) in [6.07, 6.45) is -3.50. The van der Waals surface area contributed by atoms with Crippen LogP contribution in [-0.4, -0.2) is 19.3 Å². The maximum Gasteiger partial charge on any atom is 0.411 e. The molecule has 0 unspecified atom stereocenters. The van der Waals surface area contributed by atoms with Crippen molar-refractivity contribution < 1.29 is 17.9 Å². The third kappa shape index (κ3) is 5.14. The van der Waals surface area contributed by atoms with Crippen molar-refractivity contribution in [2.45, 2.75) is 19.2 Å². The molecule has 0 atom stereocenters. The number of nitrogens with two attached hydrogens (primary N) is 1. The van der Waals surface area contributed by atoms with Crippen molar-refractivity contribution in [3.05, 3.63) is 35.4 Å². The van der Waals surface area contributed by atoms with Crippen LogP contribution in [0.3, 0.4) is 0 Å². The number of ether oxygens (including phenoxy) is 1. The fourth-order valence-corrected chi connectivity index (χ4v) is 1.25. The van der Waals surface area contributed by atoms with Crippen molar-refractivity contribution >= 4 is 0 Å². The number of benzene rings is 1. The molecule has 2 nitrogen and oxygen atoms in total. The van der Waals surface area contributed by atoms with E-state index in [1.54, 1.807) is 12.1 Å². The molecular formula is C11H14F3NO. The molecule has 0 bridgehead atoms. The van der Waals surface area contributed by atoms with Gasteiger partial charge in [-0.05, 0) is 24.1 Å². The predicted molar refractivity (Wildman–Crippen MR) is 54.9 cm³/mol. The van der Waals surface area contributed by atoms with Crippen LogP contribution in [0, 0.1) is 0 Å². The van der Waals surface area contributed by atoms with Crippen LogP contribution in [0.2, 0.25) is 0 Å². The first-order chi connectivity index (χ1) is 7.51. The van der Waals surface area contributed by atoms with Crippen molar-refractivity contribution in [1.82, 2.24) is 0 Å². The Balaban J connectivity index is 2.37. The standard InChI is InChI=1S/C11H14F3NO/c12-11(13,14)8-16-7-10-3-1-9(2-4-10)5-6-15/h1-4H,5-8,15H2. The second kappa shape index (κ2) is 5.86. The Kier molecular flexibility index (Phi) is 4.76. The summed E-state index contributed by atoms with van der Waals surface area (Å²) in [4.78, 5) is 0. The van der Waals surface area contributed by atoms with Crippen molar-refractivity contribution in [3.8, 4) is 0 Å². The summed E-state index contributed by atoms with van der Waals surface area (Å²) in [5, 5.41) is 0. The number of alkyl halides is 3. The molecule has 0 saturated heterocycles. The fraction of sp³-hybridized carbons (Fsp3) is 0.455. The third-order valence-corrected chi connectivity index (χ3v) is 1.99. The van der Waals surface area contributed by atoms with Gasteiger partial charge >= 0.3 is 6.18 Å². The Morgan fingerprint density at radius 1 is 1.06 bits per heavy atom.